The minimum Gasteiger partial charge on any atom is -0.411 e. The Morgan fingerprint density at radius 2 is 2.04 bits per heavy atom. The fourth-order valence-corrected chi connectivity index (χ4v) is 4.08. The lowest BCUT2D eigenvalue weighted by atomic mass is 10.1. The van der Waals surface area contributed by atoms with Crippen molar-refractivity contribution >= 4 is 23.1 Å². The van der Waals surface area contributed by atoms with Crippen LogP contribution in [0, 0.1) is 19.8 Å². The van der Waals surface area contributed by atoms with E-state index in [0.29, 0.717) is 17.0 Å². The molecule has 0 N–H and O–H groups in total. The summed E-state index contributed by atoms with van der Waals surface area (Å²) in [4.78, 5) is 4.69. The predicted octanol–water partition coefficient (Wildman–Crippen LogP) is 5.69. The number of thioether (sulfide) groups is 1. The molecule has 0 amide bonds. The van der Waals surface area contributed by atoms with Crippen LogP contribution < -0.4 is 0 Å². The monoisotopic (exact) mass is 373 g/mol. The minimum atomic E-state index is 0.580. The summed E-state index contributed by atoms with van der Waals surface area (Å²) in [6, 6.07) is 6.22. The maximum absolute atomic E-state index is 5.81. The van der Waals surface area contributed by atoms with E-state index in [9.17, 15) is 0 Å². The first kappa shape index (κ1) is 18.1. The highest BCUT2D eigenvalue weighted by Gasteiger charge is 2.12. The molecule has 2 heterocycles. The van der Waals surface area contributed by atoms with Crippen LogP contribution >= 0.6 is 23.1 Å². The van der Waals surface area contributed by atoms with Gasteiger partial charge in [0.25, 0.3) is 5.22 Å². The average Bonchev–Trinajstić information content (AvgIpc) is 3.20. The van der Waals surface area contributed by atoms with Crippen LogP contribution in [0.2, 0.25) is 0 Å². The second-order valence-corrected chi connectivity index (χ2v) is 8.51. The Hall–Kier alpha value is -1.66. The maximum atomic E-state index is 5.81. The molecule has 3 rings (SSSR count). The molecule has 0 saturated carbocycles. The van der Waals surface area contributed by atoms with E-state index in [-0.39, 0.29) is 0 Å². The molecule has 132 valence electrons. The van der Waals surface area contributed by atoms with E-state index in [1.165, 1.54) is 28.8 Å². The Balaban J connectivity index is 1.60. The number of rotatable bonds is 7. The number of aryl methyl sites for hydroxylation is 3. The fraction of sp³-hybridized carbons (Fsp3) is 0.421. The van der Waals surface area contributed by atoms with Crippen molar-refractivity contribution in [2.75, 3.05) is 0 Å². The SMILES string of the molecule is Cc1ccc(-c2nnc(SCc3csc(CCC(C)C)n3)o2)c(C)c1. The maximum Gasteiger partial charge on any atom is 0.277 e. The lowest BCUT2D eigenvalue weighted by Crippen LogP contribution is -1.92. The van der Waals surface area contributed by atoms with Gasteiger partial charge in [0, 0.05) is 16.7 Å². The molecule has 0 radical (unpaired) electrons. The van der Waals surface area contributed by atoms with E-state index in [0.717, 1.165) is 29.0 Å². The molecule has 1 aromatic carbocycles. The van der Waals surface area contributed by atoms with Crippen LogP contribution in [0.4, 0.5) is 0 Å². The average molecular weight is 374 g/mol. The normalized spacial score (nSPS) is 11.4. The number of aromatic nitrogens is 3. The van der Waals surface area contributed by atoms with E-state index in [1.807, 2.05) is 6.07 Å². The van der Waals surface area contributed by atoms with Gasteiger partial charge < -0.3 is 4.42 Å². The Labute approximate surface area is 157 Å². The van der Waals surface area contributed by atoms with E-state index in [1.54, 1.807) is 11.3 Å². The smallest absolute Gasteiger partial charge is 0.277 e. The van der Waals surface area contributed by atoms with Gasteiger partial charge in [0.2, 0.25) is 5.89 Å². The third kappa shape index (κ3) is 4.92. The quantitative estimate of drug-likeness (QED) is 0.498. The van der Waals surface area contributed by atoms with Gasteiger partial charge in [0.05, 0.1) is 10.7 Å². The third-order valence-electron chi connectivity index (χ3n) is 3.90. The van der Waals surface area contributed by atoms with Crippen LogP contribution in [0.1, 0.15) is 42.1 Å². The number of nitrogens with zero attached hydrogens (tertiary/aromatic N) is 3. The predicted molar refractivity (Wildman–Crippen MR) is 104 cm³/mol. The molecule has 6 heteroatoms. The van der Waals surface area contributed by atoms with Crippen molar-refractivity contribution in [3.63, 3.8) is 0 Å². The Morgan fingerprint density at radius 1 is 1.20 bits per heavy atom. The number of hydrogen-bond acceptors (Lipinski definition) is 6. The van der Waals surface area contributed by atoms with Crippen molar-refractivity contribution < 1.29 is 4.42 Å². The van der Waals surface area contributed by atoms with Crippen molar-refractivity contribution in [1.82, 2.24) is 15.2 Å². The Bertz CT molecular complexity index is 839. The molecule has 4 nitrogen and oxygen atoms in total. The molecule has 0 fully saturated rings. The molecule has 0 atom stereocenters. The molecular weight excluding hydrogens is 350 g/mol. The number of thiazole rings is 1. The van der Waals surface area contributed by atoms with E-state index in [2.05, 4.69) is 55.4 Å². The summed E-state index contributed by atoms with van der Waals surface area (Å²) in [7, 11) is 0. The summed E-state index contributed by atoms with van der Waals surface area (Å²) < 4.78 is 5.81. The highest BCUT2D eigenvalue weighted by molar-refractivity contribution is 7.98. The zero-order valence-electron chi connectivity index (χ0n) is 15.1. The van der Waals surface area contributed by atoms with Gasteiger partial charge >= 0.3 is 0 Å². The van der Waals surface area contributed by atoms with Crippen LogP contribution in [-0.4, -0.2) is 15.2 Å². The third-order valence-corrected chi connectivity index (χ3v) is 5.71. The van der Waals surface area contributed by atoms with Crippen LogP contribution in [0.5, 0.6) is 0 Å². The van der Waals surface area contributed by atoms with Gasteiger partial charge in [-0.15, -0.1) is 21.5 Å². The minimum absolute atomic E-state index is 0.580. The second-order valence-electron chi connectivity index (χ2n) is 6.65. The van der Waals surface area contributed by atoms with Gasteiger partial charge in [-0.2, -0.15) is 0 Å². The summed E-state index contributed by atoms with van der Waals surface area (Å²) in [5, 5.41) is 12.3. The topological polar surface area (TPSA) is 51.8 Å². The lowest BCUT2D eigenvalue weighted by Gasteiger charge is -2.01. The first-order valence-corrected chi connectivity index (χ1v) is 10.3. The van der Waals surface area contributed by atoms with Gasteiger partial charge in [0.1, 0.15) is 0 Å². The van der Waals surface area contributed by atoms with E-state index in [4.69, 9.17) is 9.40 Å². The van der Waals surface area contributed by atoms with Crippen LogP contribution in [0.25, 0.3) is 11.5 Å². The molecule has 0 aliphatic rings. The second kappa shape index (κ2) is 8.15. The number of hydrogen-bond donors (Lipinski definition) is 0. The summed E-state index contributed by atoms with van der Waals surface area (Å²) in [6.07, 6.45) is 2.24. The highest BCUT2D eigenvalue weighted by Crippen LogP contribution is 2.28. The zero-order chi connectivity index (χ0) is 17.8. The molecule has 3 aromatic rings. The summed E-state index contributed by atoms with van der Waals surface area (Å²) in [5.74, 6) is 2.05. The first-order valence-electron chi connectivity index (χ1n) is 8.48. The summed E-state index contributed by atoms with van der Waals surface area (Å²) in [6.45, 7) is 8.63. The van der Waals surface area contributed by atoms with Gasteiger partial charge in [-0.05, 0) is 44.2 Å². The van der Waals surface area contributed by atoms with Crippen LogP contribution in [0.15, 0.2) is 33.2 Å². The van der Waals surface area contributed by atoms with Gasteiger partial charge in [0.15, 0.2) is 0 Å². The van der Waals surface area contributed by atoms with E-state index < -0.39 is 0 Å². The Kier molecular flexibility index (Phi) is 5.91. The van der Waals surface area contributed by atoms with Crippen molar-refractivity contribution in [2.45, 2.75) is 51.5 Å². The van der Waals surface area contributed by atoms with Gasteiger partial charge in [-0.3, -0.25) is 0 Å². The van der Waals surface area contributed by atoms with Crippen molar-refractivity contribution in [3.8, 4) is 11.5 Å². The molecular formula is C19H23N3OS2. The highest BCUT2D eigenvalue weighted by atomic mass is 32.2. The van der Waals surface area contributed by atoms with E-state index >= 15 is 0 Å². The van der Waals surface area contributed by atoms with Gasteiger partial charge in [-0.1, -0.05) is 43.3 Å². The molecule has 25 heavy (non-hydrogen) atoms. The first-order chi connectivity index (χ1) is 12.0. The molecule has 0 aliphatic carbocycles. The van der Waals surface area contributed by atoms with Crippen molar-refractivity contribution in [2.24, 2.45) is 5.92 Å². The molecule has 0 saturated heterocycles. The molecule has 0 bridgehead atoms. The fourth-order valence-electron chi connectivity index (χ4n) is 2.51. The van der Waals surface area contributed by atoms with Crippen molar-refractivity contribution in [1.29, 1.82) is 0 Å². The molecule has 0 spiro atoms. The standard InChI is InChI=1S/C19H23N3OS2/c1-12(2)5-8-17-20-15(10-24-17)11-25-19-22-21-18(23-19)16-7-6-13(3)9-14(16)4/h6-7,9-10,12H,5,8,11H2,1-4H3. The van der Waals surface area contributed by atoms with Crippen LogP contribution in [-0.2, 0) is 12.2 Å². The van der Waals surface area contributed by atoms with Crippen molar-refractivity contribution in [3.05, 3.63) is 45.4 Å². The molecule has 0 aliphatic heterocycles. The Morgan fingerprint density at radius 3 is 2.80 bits per heavy atom. The number of benzene rings is 1. The largest absolute Gasteiger partial charge is 0.411 e. The zero-order valence-corrected chi connectivity index (χ0v) is 16.7. The summed E-state index contributed by atoms with van der Waals surface area (Å²) in [5.41, 5.74) is 4.45. The van der Waals surface area contributed by atoms with Crippen LogP contribution in [0.3, 0.4) is 0 Å². The molecule has 2 aromatic heterocycles. The van der Waals surface area contributed by atoms with Gasteiger partial charge in [-0.25, -0.2) is 4.98 Å². The molecule has 0 unspecified atom stereocenters. The lowest BCUT2D eigenvalue weighted by molar-refractivity contribution is 0.465. The summed E-state index contributed by atoms with van der Waals surface area (Å²) >= 11 is 3.28.